The number of aliphatic hydroxyl groups excluding tert-OH is 1. The predicted octanol–water partition coefficient (Wildman–Crippen LogP) is 0.879. The first-order chi connectivity index (χ1) is 7.63. The Bertz CT molecular complexity index is 512. The van der Waals surface area contributed by atoms with E-state index in [9.17, 15) is 0 Å². The second-order valence-corrected chi connectivity index (χ2v) is 3.93. The average molecular weight is 242 g/mol. The van der Waals surface area contributed by atoms with Crippen molar-refractivity contribution in [2.24, 2.45) is 0 Å². The fourth-order valence-corrected chi connectivity index (χ4v) is 1.51. The number of aliphatic hydroxyl groups is 1. The van der Waals surface area contributed by atoms with E-state index in [1.165, 1.54) is 6.33 Å². The van der Waals surface area contributed by atoms with Crippen LogP contribution in [0.4, 0.5) is 5.82 Å². The molecule has 2 heterocycles. The maximum Gasteiger partial charge on any atom is 0.255 e. The van der Waals surface area contributed by atoms with Crippen LogP contribution in [-0.2, 0) is 0 Å². The first-order valence-electron chi connectivity index (χ1n) is 4.86. The van der Waals surface area contributed by atoms with Crippen molar-refractivity contribution in [2.45, 2.75) is 19.9 Å². The van der Waals surface area contributed by atoms with E-state index in [1.54, 1.807) is 4.52 Å². The van der Waals surface area contributed by atoms with Crippen LogP contribution in [0.5, 0.6) is 0 Å². The Morgan fingerprint density at radius 3 is 3.06 bits per heavy atom. The van der Waals surface area contributed by atoms with Gasteiger partial charge < -0.3 is 10.4 Å². The lowest BCUT2D eigenvalue weighted by Crippen LogP contribution is -2.22. The van der Waals surface area contributed by atoms with Gasteiger partial charge >= 0.3 is 0 Å². The first-order valence-corrected chi connectivity index (χ1v) is 5.24. The van der Waals surface area contributed by atoms with Gasteiger partial charge in [0.15, 0.2) is 0 Å². The smallest absolute Gasteiger partial charge is 0.255 e. The highest BCUT2D eigenvalue weighted by Crippen LogP contribution is 2.22. The Kier molecular flexibility index (Phi) is 2.93. The molecule has 86 valence electrons. The molecule has 0 aromatic carbocycles. The minimum Gasteiger partial charge on any atom is -0.394 e. The fourth-order valence-electron chi connectivity index (χ4n) is 1.35. The maximum atomic E-state index is 9.02. The van der Waals surface area contributed by atoms with E-state index in [0.717, 1.165) is 5.56 Å². The number of fused-ring (bicyclic) bond motifs is 1. The summed E-state index contributed by atoms with van der Waals surface area (Å²) in [7, 11) is 0. The molecule has 2 N–H and O–H groups in total. The topological polar surface area (TPSA) is 75.3 Å². The van der Waals surface area contributed by atoms with Gasteiger partial charge in [-0.25, -0.2) is 0 Å². The van der Waals surface area contributed by atoms with Crippen molar-refractivity contribution in [2.75, 3.05) is 11.9 Å². The third-order valence-electron chi connectivity index (χ3n) is 2.26. The minimum absolute atomic E-state index is 0.0234. The van der Waals surface area contributed by atoms with E-state index >= 15 is 0 Å². The van der Waals surface area contributed by atoms with Crippen molar-refractivity contribution in [3.05, 3.63) is 17.0 Å². The van der Waals surface area contributed by atoms with Gasteiger partial charge in [-0.15, -0.1) is 0 Å². The standard InChI is InChI=1S/C9H12ClN5O/c1-5(3-16)13-8-6(2)7(10)14-9-11-4-12-15(8)9/h4-5,13,16H,3H2,1-2H3. The molecule has 0 amide bonds. The number of halogens is 1. The normalized spacial score (nSPS) is 13.0. The SMILES string of the molecule is Cc1c(Cl)nc2ncnn2c1NC(C)CO. The molecule has 0 aliphatic carbocycles. The zero-order chi connectivity index (χ0) is 11.7. The van der Waals surface area contributed by atoms with E-state index in [0.29, 0.717) is 16.7 Å². The van der Waals surface area contributed by atoms with Crippen LogP contribution in [0.3, 0.4) is 0 Å². The van der Waals surface area contributed by atoms with E-state index in [4.69, 9.17) is 16.7 Å². The van der Waals surface area contributed by atoms with Gasteiger partial charge in [0, 0.05) is 11.6 Å². The molecule has 0 radical (unpaired) electrons. The van der Waals surface area contributed by atoms with Crippen LogP contribution in [0, 0.1) is 6.92 Å². The summed E-state index contributed by atoms with van der Waals surface area (Å²) in [4.78, 5) is 8.05. The number of hydrogen-bond donors (Lipinski definition) is 2. The molecule has 2 rings (SSSR count). The molecule has 0 aliphatic rings. The van der Waals surface area contributed by atoms with Crippen molar-refractivity contribution in [1.29, 1.82) is 0 Å². The summed E-state index contributed by atoms with van der Waals surface area (Å²) in [5, 5.41) is 16.6. The highest BCUT2D eigenvalue weighted by atomic mass is 35.5. The van der Waals surface area contributed by atoms with Crippen LogP contribution in [0.25, 0.3) is 5.78 Å². The lowest BCUT2D eigenvalue weighted by Gasteiger charge is -2.15. The number of nitrogens with one attached hydrogen (secondary N) is 1. The molecule has 0 fully saturated rings. The summed E-state index contributed by atoms with van der Waals surface area (Å²) in [6.45, 7) is 3.72. The molecule has 16 heavy (non-hydrogen) atoms. The van der Waals surface area contributed by atoms with Crippen molar-refractivity contribution in [3.63, 3.8) is 0 Å². The minimum atomic E-state index is -0.0930. The summed E-state index contributed by atoms with van der Waals surface area (Å²) in [6, 6.07) is -0.0930. The Hall–Kier alpha value is -1.40. The van der Waals surface area contributed by atoms with E-state index < -0.39 is 0 Å². The molecule has 0 saturated carbocycles. The molecule has 6 nitrogen and oxygen atoms in total. The van der Waals surface area contributed by atoms with E-state index in [2.05, 4.69) is 20.4 Å². The van der Waals surface area contributed by atoms with Crippen LogP contribution in [0.15, 0.2) is 6.33 Å². The number of aromatic nitrogens is 4. The number of hydrogen-bond acceptors (Lipinski definition) is 5. The summed E-state index contributed by atoms with van der Waals surface area (Å²) < 4.78 is 1.56. The van der Waals surface area contributed by atoms with Gasteiger partial charge in [0.2, 0.25) is 0 Å². The van der Waals surface area contributed by atoms with Crippen LogP contribution < -0.4 is 5.32 Å². The Labute approximate surface area is 97.3 Å². The van der Waals surface area contributed by atoms with Gasteiger partial charge in [-0.05, 0) is 13.8 Å². The lowest BCUT2D eigenvalue weighted by atomic mass is 10.3. The lowest BCUT2D eigenvalue weighted by molar-refractivity contribution is 0.281. The molecular weight excluding hydrogens is 230 g/mol. The average Bonchev–Trinajstić information content (AvgIpc) is 2.71. The van der Waals surface area contributed by atoms with Gasteiger partial charge in [0.1, 0.15) is 17.3 Å². The molecule has 1 unspecified atom stereocenters. The third-order valence-corrected chi connectivity index (χ3v) is 2.63. The quantitative estimate of drug-likeness (QED) is 0.781. The van der Waals surface area contributed by atoms with Crippen LogP contribution in [-0.4, -0.2) is 37.3 Å². The van der Waals surface area contributed by atoms with E-state index in [1.807, 2.05) is 13.8 Å². The summed E-state index contributed by atoms with van der Waals surface area (Å²) >= 11 is 5.98. The van der Waals surface area contributed by atoms with Crippen molar-refractivity contribution >= 4 is 23.2 Å². The second-order valence-electron chi connectivity index (χ2n) is 3.58. The van der Waals surface area contributed by atoms with Crippen LogP contribution >= 0.6 is 11.6 Å². The Balaban J connectivity index is 2.55. The van der Waals surface area contributed by atoms with Gasteiger partial charge in [0.05, 0.1) is 6.61 Å². The number of anilines is 1. The predicted molar refractivity (Wildman–Crippen MR) is 60.7 cm³/mol. The third kappa shape index (κ3) is 1.81. The molecule has 1 atom stereocenters. The molecule has 2 aromatic rings. The first kappa shape index (κ1) is 11.1. The second kappa shape index (κ2) is 4.23. The molecule has 0 bridgehead atoms. The Morgan fingerprint density at radius 2 is 2.38 bits per heavy atom. The maximum absolute atomic E-state index is 9.02. The van der Waals surface area contributed by atoms with Crippen molar-refractivity contribution in [1.82, 2.24) is 19.6 Å². The van der Waals surface area contributed by atoms with Crippen LogP contribution in [0.2, 0.25) is 5.15 Å². The summed E-state index contributed by atoms with van der Waals surface area (Å²) in [5.74, 6) is 1.14. The fraction of sp³-hybridized carbons (Fsp3) is 0.444. The van der Waals surface area contributed by atoms with Crippen molar-refractivity contribution in [3.8, 4) is 0 Å². The molecule has 0 aliphatic heterocycles. The summed E-state index contributed by atoms with van der Waals surface area (Å²) in [6.07, 6.45) is 1.41. The van der Waals surface area contributed by atoms with Gasteiger partial charge in [0.25, 0.3) is 5.78 Å². The van der Waals surface area contributed by atoms with Crippen molar-refractivity contribution < 1.29 is 5.11 Å². The molecule has 0 saturated heterocycles. The largest absolute Gasteiger partial charge is 0.394 e. The van der Waals surface area contributed by atoms with Gasteiger partial charge in [-0.2, -0.15) is 19.6 Å². The monoisotopic (exact) mass is 241 g/mol. The van der Waals surface area contributed by atoms with Gasteiger partial charge in [-0.3, -0.25) is 0 Å². The highest BCUT2D eigenvalue weighted by molar-refractivity contribution is 6.30. The Morgan fingerprint density at radius 1 is 1.62 bits per heavy atom. The van der Waals surface area contributed by atoms with Crippen LogP contribution in [0.1, 0.15) is 12.5 Å². The molecule has 7 heteroatoms. The summed E-state index contributed by atoms with van der Waals surface area (Å²) in [5.41, 5.74) is 0.778. The highest BCUT2D eigenvalue weighted by Gasteiger charge is 2.13. The van der Waals surface area contributed by atoms with E-state index in [-0.39, 0.29) is 12.6 Å². The molecule has 0 spiro atoms. The molecular formula is C9H12ClN5O. The van der Waals surface area contributed by atoms with Gasteiger partial charge in [-0.1, -0.05) is 11.6 Å². The zero-order valence-corrected chi connectivity index (χ0v) is 9.73. The number of rotatable bonds is 3. The number of nitrogens with zero attached hydrogens (tertiary/aromatic N) is 4. The molecule has 2 aromatic heterocycles. The zero-order valence-electron chi connectivity index (χ0n) is 8.98.